The smallest absolute Gasteiger partial charge is 0.410 e. The molecule has 1 saturated carbocycles. The molecule has 1 aromatic heterocycles. The van der Waals surface area contributed by atoms with E-state index in [1.165, 1.54) is 18.5 Å². The minimum atomic E-state index is -3.13. The summed E-state index contributed by atoms with van der Waals surface area (Å²) in [5.41, 5.74) is 0.989. The second-order valence-electron chi connectivity index (χ2n) is 6.64. The zero-order valence-electron chi connectivity index (χ0n) is 14.2. The van der Waals surface area contributed by atoms with Crippen molar-refractivity contribution in [1.82, 2.24) is 14.9 Å². The van der Waals surface area contributed by atoms with Crippen LogP contribution in [0.15, 0.2) is 30.6 Å². The number of ether oxygens (including phenoxy) is 2. The number of carbonyl (C=O) groups excluding carboxylic acids is 1. The van der Waals surface area contributed by atoms with Crippen LogP contribution in [0.2, 0.25) is 0 Å². The molecule has 142 valence electrons. The summed E-state index contributed by atoms with van der Waals surface area (Å²) in [6.45, 7) is -2.34. The summed E-state index contributed by atoms with van der Waals surface area (Å²) in [4.78, 5) is 22.1. The van der Waals surface area contributed by atoms with Crippen LogP contribution >= 0.6 is 0 Å². The summed E-state index contributed by atoms with van der Waals surface area (Å²) in [7, 11) is 0. The van der Waals surface area contributed by atoms with Gasteiger partial charge in [0.1, 0.15) is 5.60 Å². The van der Waals surface area contributed by atoms with Gasteiger partial charge < -0.3 is 14.4 Å². The molecular weight excluding hydrogens is 363 g/mol. The van der Waals surface area contributed by atoms with Crippen molar-refractivity contribution in [3.63, 3.8) is 0 Å². The van der Waals surface area contributed by atoms with Crippen LogP contribution < -0.4 is 4.74 Å². The van der Waals surface area contributed by atoms with Crippen molar-refractivity contribution < 1.29 is 27.4 Å². The summed E-state index contributed by atoms with van der Waals surface area (Å²) >= 11 is 0. The highest BCUT2D eigenvalue weighted by molar-refractivity contribution is 5.69. The number of carbonyl (C=O) groups is 1. The molecule has 1 spiro atoms. The molecule has 2 heterocycles. The summed E-state index contributed by atoms with van der Waals surface area (Å²) in [5, 5.41) is 0. The lowest BCUT2D eigenvalue weighted by molar-refractivity contribution is -0.0521. The maximum Gasteiger partial charge on any atom is 0.410 e. The molecule has 2 fully saturated rings. The number of nitrogens with zero attached hydrogens (tertiary/aromatic N) is 3. The molecule has 1 amide bonds. The lowest BCUT2D eigenvalue weighted by Gasteiger charge is -2.31. The van der Waals surface area contributed by atoms with E-state index in [4.69, 9.17) is 4.74 Å². The van der Waals surface area contributed by atoms with Crippen LogP contribution in [-0.4, -0.2) is 39.7 Å². The molecule has 0 atom stereocenters. The molecule has 0 bridgehead atoms. The van der Waals surface area contributed by atoms with Crippen molar-refractivity contribution >= 4 is 6.09 Å². The Morgan fingerprint density at radius 3 is 2.78 bits per heavy atom. The Morgan fingerprint density at radius 1 is 1.26 bits per heavy atom. The lowest BCUT2D eigenvalue weighted by atomic mass is 10.1. The lowest BCUT2D eigenvalue weighted by Crippen LogP contribution is -2.42. The molecule has 1 aliphatic heterocycles. The van der Waals surface area contributed by atoms with Crippen molar-refractivity contribution in [2.24, 2.45) is 0 Å². The first-order valence-electron chi connectivity index (χ1n) is 8.48. The first-order valence-corrected chi connectivity index (χ1v) is 8.48. The quantitative estimate of drug-likeness (QED) is 0.792. The predicted octanol–water partition coefficient (Wildman–Crippen LogP) is 3.76. The number of hydrogen-bond acceptors (Lipinski definition) is 5. The van der Waals surface area contributed by atoms with Crippen LogP contribution in [0, 0.1) is 5.82 Å². The Hall–Kier alpha value is -2.84. The number of rotatable bonds is 5. The standard InChI is InChI=1S/C18H16F3N3O3/c19-13-2-1-11(7-15(13)26-16(20)21)14-9-22-8-12(23-14)10-24-6-5-18(3-4-18)27-17(24)25/h1-2,7-9,16H,3-6,10H2. The Morgan fingerprint density at radius 2 is 2.07 bits per heavy atom. The molecule has 27 heavy (non-hydrogen) atoms. The largest absolute Gasteiger partial charge is 0.443 e. The van der Waals surface area contributed by atoms with Crippen molar-refractivity contribution in [2.75, 3.05) is 6.54 Å². The van der Waals surface area contributed by atoms with Gasteiger partial charge in [-0.25, -0.2) is 14.2 Å². The van der Waals surface area contributed by atoms with Gasteiger partial charge in [-0.15, -0.1) is 0 Å². The Kier molecular flexibility index (Phi) is 4.37. The number of alkyl halides is 2. The molecule has 4 rings (SSSR count). The zero-order chi connectivity index (χ0) is 19.0. The van der Waals surface area contributed by atoms with Crippen molar-refractivity contribution in [2.45, 2.75) is 38.0 Å². The normalized spacial score (nSPS) is 17.9. The molecular formula is C18H16F3N3O3. The van der Waals surface area contributed by atoms with Gasteiger partial charge in [0.2, 0.25) is 0 Å². The Labute approximate surface area is 152 Å². The molecule has 0 N–H and O–H groups in total. The molecule has 1 aromatic carbocycles. The number of aromatic nitrogens is 2. The average molecular weight is 379 g/mol. The van der Waals surface area contributed by atoms with Gasteiger partial charge >= 0.3 is 12.7 Å². The van der Waals surface area contributed by atoms with E-state index >= 15 is 0 Å². The van der Waals surface area contributed by atoms with Crippen LogP contribution in [-0.2, 0) is 11.3 Å². The van der Waals surface area contributed by atoms with E-state index in [1.807, 2.05) is 0 Å². The van der Waals surface area contributed by atoms with Gasteiger partial charge in [-0.05, 0) is 31.0 Å². The van der Waals surface area contributed by atoms with Crippen LogP contribution in [0.3, 0.4) is 0 Å². The highest BCUT2D eigenvalue weighted by atomic mass is 19.3. The third kappa shape index (κ3) is 3.81. The summed E-state index contributed by atoms with van der Waals surface area (Å²) in [6, 6.07) is 3.56. The average Bonchev–Trinajstić information content (AvgIpc) is 3.38. The number of benzene rings is 1. The van der Waals surface area contributed by atoms with E-state index in [1.54, 1.807) is 4.90 Å². The van der Waals surface area contributed by atoms with E-state index in [0.29, 0.717) is 23.5 Å². The SMILES string of the molecule is O=C1OC2(CCN1Cc1cncc(-c3ccc(F)c(OC(F)F)c3)n1)CC2. The van der Waals surface area contributed by atoms with Gasteiger partial charge in [0, 0.05) is 18.5 Å². The van der Waals surface area contributed by atoms with Crippen molar-refractivity contribution in [1.29, 1.82) is 0 Å². The van der Waals surface area contributed by atoms with Gasteiger partial charge in [0.15, 0.2) is 11.6 Å². The van der Waals surface area contributed by atoms with Crippen molar-refractivity contribution in [3.8, 4) is 17.0 Å². The Balaban J connectivity index is 1.51. The van der Waals surface area contributed by atoms with Crippen LogP contribution in [0.4, 0.5) is 18.0 Å². The van der Waals surface area contributed by atoms with Crippen LogP contribution in [0.5, 0.6) is 5.75 Å². The maximum atomic E-state index is 13.6. The zero-order valence-corrected chi connectivity index (χ0v) is 14.2. The third-order valence-corrected chi connectivity index (χ3v) is 4.69. The summed E-state index contributed by atoms with van der Waals surface area (Å²) in [5.74, 6) is -1.46. The second kappa shape index (κ2) is 6.71. The monoisotopic (exact) mass is 379 g/mol. The third-order valence-electron chi connectivity index (χ3n) is 4.69. The fraction of sp³-hybridized carbons (Fsp3) is 0.389. The minimum absolute atomic E-state index is 0.220. The molecule has 0 unspecified atom stereocenters. The summed E-state index contributed by atoms with van der Waals surface area (Å²) in [6.07, 6.45) is 5.18. The van der Waals surface area contributed by atoms with Gasteiger partial charge in [-0.3, -0.25) is 4.98 Å². The van der Waals surface area contributed by atoms with E-state index in [0.717, 1.165) is 31.4 Å². The molecule has 9 heteroatoms. The number of hydrogen-bond donors (Lipinski definition) is 0. The number of halogens is 3. The molecule has 0 radical (unpaired) electrons. The van der Waals surface area contributed by atoms with E-state index in [9.17, 15) is 18.0 Å². The van der Waals surface area contributed by atoms with Crippen molar-refractivity contribution in [3.05, 3.63) is 42.1 Å². The molecule has 2 aromatic rings. The molecule has 1 aliphatic carbocycles. The first kappa shape index (κ1) is 17.6. The molecule has 2 aliphatic rings. The first-order chi connectivity index (χ1) is 12.9. The maximum absolute atomic E-state index is 13.6. The topological polar surface area (TPSA) is 64.5 Å². The van der Waals surface area contributed by atoms with Gasteiger partial charge in [0.05, 0.1) is 30.3 Å². The van der Waals surface area contributed by atoms with E-state index in [-0.39, 0.29) is 18.2 Å². The van der Waals surface area contributed by atoms with Gasteiger partial charge in [-0.1, -0.05) is 0 Å². The second-order valence-corrected chi connectivity index (χ2v) is 6.64. The number of amides is 1. The van der Waals surface area contributed by atoms with E-state index < -0.39 is 18.2 Å². The van der Waals surface area contributed by atoms with Gasteiger partial charge in [-0.2, -0.15) is 8.78 Å². The molecule has 1 saturated heterocycles. The predicted molar refractivity (Wildman–Crippen MR) is 87.5 cm³/mol. The highest BCUT2D eigenvalue weighted by Gasteiger charge is 2.50. The van der Waals surface area contributed by atoms with Gasteiger partial charge in [0.25, 0.3) is 0 Å². The molecule has 6 nitrogen and oxygen atoms in total. The fourth-order valence-corrected chi connectivity index (χ4v) is 3.03. The fourth-order valence-electron chi connectivity index (χ4n) is 3.03. The Bertz CT molecular complexity index is 874. The highest BCUT2D eigenvalue weighted by Crippen LogP contribution is 2.45. The van der Waals surface area contributed by atoms with Crippen LogP contribution in [0.25, 0.3) is 11.3 Å². The van der Waals surface area contributed by atoms with E-state index in [2.05, 4.69) is 14.7 Å². The van der Waals surface area contributed by atoms with Crippen LogP contribution in [0.1, 0.15) is 25.0 Å². The minimum Gasteiger partial charge on any atom is -0.443 e. The summed E-state index contributed by atoms with van der Waals surface area (Å²) < 4.78 is 48.0.